The molecule has 0 fully saturated rings. The van der Waals surface area contributed by atoms with E-state index in [-0.39, 0.29) is 12.1 Å². The SMILES string of the molecule is CCOC(=O)CCCc1ccc(-c2noc(-c3cnc(OC(C)C)c(Cl)c3)n2)c2c1ccn2C. The van der Waals surface area contributed by atoms with Gasteiger partial charge in [0.25, 0.3) is 5.89 Å². The number of fused-ring (bicyclic) bond motifs is 1. The van der Waals surface area contributed by atoms with Gasteiger partial charge >= 0.3 is 5.97 Å². The lowest BCUT2D eigenvalue weighted by atomic mass is 10.0. The van der Waals surface area contributed by atoms with Crippen molar-refractivity contribution in [3.8, 4) is 28.7 Å². The Morgan fingerprint density at radius 1 is 1.26 bits per heavy atom. The Morgan fingerprint density at radius 2 is 2.09 bits per heavy atom. The van der Waals surface area contributed by atoms with Crippen molar-refractivity contribution in [2.75, 3.05) is 6.61 Å². The lowest BCUT2D eigenvalue weighted by molar-refractivity contribution is -0.143. The molecule has 0 saturated carbocycles. The van der Waals surface area contributed by atoms with Crippen LogP contribution in [-0.4, -0.2) is 38.4 Å². The highest BCUT2D eigenvalue weighted by molar-refractivity contribution is 6.32. The van der Waals surface area contributed by atoms with Gasteiger partial charge in [0, 0.05) is 36.8 Å². The molecule has 0 spiro atoms. The second-order valence-electron chi connectivity index (χ2n) is 8.22. The molecule has 3 aromatic heterocycles. The Hall–Kier alpha value is -3.39. The number of esters is 1. The van der Waals surface area contributed by atoms with Gasteiger partial charge < -0.3 is 18.6 Å². The largest absolute Gasteiger partial charge is 0.474 e. The van der Waals surface area contributed by atoms with Crippen molar-refractivity contribution in [1.82, 2.24) is 19.7 Å². The maximum Gasteiger partial charge on any atom is 0.305 e. The monoisotopic (exact) mass is 482 g/mol. The van der Waals surface area contributed by atoms with E-state index in [9.17, 15) is 4.79 Å². The number of rotatable bonds is 9. The highest BCUT2D eigenvalue weighted by Crippen LogP contribution is 2.33. The van der Waals surface area contributed by atoms with Crippen LogP contribution in [-0.2, 0) is 23.0 Å². The van der Waals surface area contributed by atoms with Gasteiger partial charge in [-0.25, -0.2) is 4.98 Å². The number of hydrogen-bond acceptors (Lipinski definition) is 7. The van der Waals surface area contributed by atoms with Crippen LogP contribution in [0.15, 0.2) is 41.2 Å². The van der Waals surface area contributed by atoms with E-state index in [0.29, 0.717) is 41.2 Å². The lowest BCUT2D eigenvalue weighted by Crippen LogP contribution is -2.07. The fourth-order valence-corrected chi connectivity index (χ4v) is 4.04. The van der Waals surface area contributed by atoms with E-state index in [2.05, 4.69) is 27.3 Å². The first-order valence-corrected chi connectivity index (χ1v) is 11.6. The van der Waals surface area contributed by atoms with Crippen LogP contribution in [0.3, 0.4) is 0 Å². The molecule has 0 radical (unpaired) electrons. The maximum atomic E-state index is 11.7. The topological polar surface area (TPSA) is 92.3 Å². The molecule has 9 heteroatoms. The van der Waals surface area contributed by atoms with Crippen LogP contribution in [0, 0.1) is 0 Å². The van der Waals surface area contributed by atoms with E-state index >= 15 is 0 Å². The Bertz CT molecular complexity index is 1310. The highest BCUT2D eigenvalue weighted by atomic mass is 35.5. The smallest absolute Gasteiger partial charge is 0.305 e. The minimum absolute atomic E-state index is 0.0355. The minimum atomic E-state index is -0.166. The molecule has 0 bridgehead atoms. The van der Waals surface area contributed by atoms with Crippen LogP contribution < -0.4 is 4.74 Å². The van der Waals surface area contributed by atoms with Gasteiger partial charge in [0.05, 0.1) is 23.8 Å². The van der Waals surface area contributed by atoms with Crippen LogP contribution in [0.4, 0.5) is 0 Å². The standard InChI is InChI=1S/C25H27ClN4O4/c1-5-32-21(31)8-6-7-16-9-10-19(22-18(16)11-12-30(22)4)23-28-24(34-29-23)17-13-20(26)25(27-14-17)33-15(2)3/h9-15H,5-8H2,1-4H3. The third kappa shape index (κ3) is 5.07. The van der Waals surface area contributed by atoms with Gasteiger partial charge in [0.15, 0.2) is 0 Å². The fourth-order valence-electron chi connectivity index (χ4n) is 3.83. The molecule has 178 valence electrons. The van der Waals surface area contributed by atoms with Crippen LogP contribution in [0.1, 0.15) is 39.2 Å². The minimum Gasteiger partial charge on any atom is -0.474 e. The molecule has 0 saturated heterocycles. The van der Waals surface area contributed by atoms with Gasteiger partial charge in [-0.1, -0.05) is 22.8 Å². The Kier molecular flexibility index (Phi) is 7.17. The number of carbonyl (C=O) groups excluding carboxylic acids is 1. The first kappa shape index (κ1) is 23.8. The number of hydrogen-bond donors (Lipinski definition) is 0. The molecule has 4 aromatic rings. The van der Waals surface area contributed by atoms with Crippen molar-refractivity contribution in [2.24, 2.45) is 7.05 Å². The predicted molar refractivity (Wildman–Crippen MR) is 130 cm³/mol. The van der Waals surface area contributed by atoms with E-state index < -0.39 is 0 Å². The summed E-state index contributed by atoms with van der Waals surface area (Å²) in [5.41, 5.74) is 3.62. The summed E-state index contributed by atoms with van der Waals surface area (Å²) in [6.07, 6.45) is 5.46. The van der Waals surface area contributed by atoms with Crippen molar-refractivity contribution in [3.05, 3.63) is 47.2 Å². The van der Waals surface area contributed by atoms with Gasteiger partial charge in [-0.2, -0.15) is 4.98 Å². The van der Waals surface area contributed by atoms with Crippen molar-refractivity contribution in [3.63, 3.8) is 0 Å². The van der Waals surface area contributed by atoms with E-state index in [4.69, 9.17) is 25.6 Å². The molecule has 8 nitrogen and oxygen atoms in total. The van der Waals surface area contributed by atoms with Gasteiger partial charge in [-0.3, -0.25) is 4.79 Å². The molecule has 0 aliphatic heterocycles. The molecule has 0 amide bonds. The summed E-state index contributed by atoms with van der Waals surface area (Å²) in [6.45, 7) is 6.04. The van der Waals surface area contributed by atoms with Gasteiger partial charge in [-0.15, -0.1) is 0 Å². The number of benzene rings is 1. The van der Waals surface area contributed by atoms with Gasteiger partial charge in [0.2, 0.25) is 11.7 Å². The van der Waals surface area contributed by atoms with Crippen LogP contribution >= 0.6 is 11.6 Å². The summed E-state index contributed by atoms with van der Waals surface area (Å²) < 4.78 is 18.2. The molecule has 0 aliphatic rings. The molecule has 34 heavy (non-hydrogen) atoms. The molecule has 3 heterocycles. The van der Waals surface area contributed by atoms with Crippen LogP contribution in [0.5, 0.6) is 5.88 Å². The van der Waals surface area contributed by atoms with Gasteiger partial charge in [-0.05, 0) is 57.4 Å². The van der Waals surface area contributed by atoms with Crippen molar-refractivity contribution >= 4 is 28.5 Å². The zero-order valence-corrected chi connectivity index (χ0v) is 20.4. The van der Waals surface area contributed by atoms with Crippen LogP contribution in [0.25, 0.3) is 33.7 Å². The summed E-state index contributed by atoms with van der Waals surface area (Å²) in [5.74, 6) is 0.991. The first-order valence-electron chi connectivity index (χ1n) is 11.3. The maximum absolute atomic E-state index is 11.7. The first-order chi connectivity index (χ1) is 16.4. The summed E-state index contributed by atoms with van der Waals surface area (Å²) >= 11 is 6.32. The number of halogens is 1. The average Bonchev–Trinajstić information content (AvgIpc) is 3.43. The summed E-state index contributed by atoms with van der Waals surface area (Å²) in [4.78, 5) is 20.5. The fraction of sp³-hybridized carbons (Fsp3) is 0.360. The normalized spacial score (nSPS) is 11.4. The molecule has 1 aromatic carbocycles. The summed E-state index contributed by atoms with van der Waals surface area (Å²) in [5, 5.41) is 5.68. The molecule has 0 N–H and O–H groups in total. The Balaban J connectivity index is 1.60. The lowest BCUT2D eigenvalue weighted by Gasteiger charge is -2.09. The van der Waals surface area contributed by atoms with E-state index in [1.54, 1.807) is 12.3 Å². The summed E-state index contributed by atoms with van der Waals surface area (Å²) in [6, 6.07) is 7.81. The quantitative estimate of drug-likeness (QED) is 0.286. The Labute approximate surface area is 202 Å². The molecule has 0 aliphatic carbocycles. The second-order valence-corrected chi connectivity index (χ2v) is 8.63. The number of carbonyl (C=O) groups is 1. The highest BCUT2D eigenvalue weighted by Gasteiger charge is 2.18. The molecular formula is C25H27ClN4O4. The number of ether oxygens (including phenoxy) is 2. The van der Waals surface area contributed by atoms with Crippen LogP contribution in [0.2, 0.25) is 5.02 Å². The van der Waals surface area contributed by atoms with Crippen molar-refractivity contribution in [2.45, 2.75) is 46.1 Å². The van der Waals surface area contributed by atoms with Gasteiger partial charge in [0.1, 0.15) is 5.02 Å². The molecule has 4 rings (SSSR count). The number of aromatic nitrogens is 4. The van der Waals surface area contributed by atoms with E-state index in [1.807, 2.05) is 44.6 Å². The number of nitrogens with zero attached hydrogens (tertiary/aromatic N) is 4. The molecular weight excluding hydrogens is 456 g/mol. The third-order valence-corrected chi connectivity index (χ3v) is 5.60. The number of aryl methyl sites for hydroxylation is 2. The van der Waals surface area contributed by atoms with Crippen molar-refractivity contribution in [1.29, 1.82) is 0 Å². The zero-order chi connectivity index (χ0) is 24.2. The summed E-state index contributed by atoms with van der Waals surface area (Å²) in [7, 11) is 1.98. The Morgan fingerprint density at radius 3 is 2.82 bits per heavy atom. The third-order valence-electron chi connectivity index (χ3n) is 5.33. The molecule has 0 atom stereocenters. The average molecular weight is 483 g/mol. The second kappa shape index (κ2) is 10.3. The van der Waals surface area contributed by atoms with E-state index in [0.717, 1.165) is 34.9 Å². The van der Waals surface area contributed by atoms with E-state index in [1.165, 1.54) is 0 Å². The molecule has 0 unspecified atom stereocenters. The zero-order valence-electron chi connectivity index (χ0n) is 19.7. The number of pyridine rings is 1. The van der Waals surface area contributed by atoms with Crippen molar-refractivity contribution < 1.29 is 18.8 Å². The predicted octanol–water partition coefficient (Wildman–Crippen LogP) is 5.62.